The molecular formula is C22H26ClN3O2. The highest BCUT2D eigenvalue weighted by atomic mass is 35.5. The maximum Gasteiger partial charge on any atom is 0.319 e. The van der Waals surface area contributed by atoms with Gasteiger partial charge in [-0.1, -0.05) is 29.8 Å². The molecule has 2 aromatic rings. The number of nitrogens with one attached hydrogen (secondary N) is 2. The van der Waals surface area contributed by atoms with Crippen molar-refractivity contribution in [1.82, 2.24) is 10.2 Å². The molecule has 1 atom stereocenters. The van der Waals surface area contributed by atoms with E-state index in [1.807, 2.05) is 30.3 Å². The van der Waals surface area contributed by atoms with Gasteiger partial charge in [0.2, 0.25) is 0 Å². The number of morpholine rings is 1. The van der Waals surface area contributed by atoms with Crippen molar-refractivity contribution in [3.63, 3.8) is 0 Å². The fraction of sp³-hybridized carbons (Fsp3) is 0.409. The van der Waals surface area contributed by atoms with Crippen LogP contribution in [0.5, 0.6) is 0 Å². The first-order valence-electron chi connectivity index (χ1n) is 9.92. The molecule has 0 bridgehead atoms. The number of carbonyl (C=O) groups excluding carboxylic acids is 1. The van der Waals surface area contributed by atoms with Gasteiger partial charge in [-0.05, 0) is 60.2 Å². The average molecular weight is 400 g/mol. The predicted molar refractivity (Wildman–Crippen MR) is 112 cm³/mol. The van der Waals surface area contributed by atoms with Gasteiger partial charge in [0, 0.05) is 30.3 Å². The zero-order valence-corrected chi connectivity index (χ0v) is 16.7. The third-order valence-electron chi connectivity index (χ3n) is 5.52. The fourth-order valence-corrected chi connectivity index (χ4v) is 4.12. The lowest BCUT2D eigenvalue weighted by atomic mass is 10.1. The molecule has 1 aliphatic carbocycles. The number of aryl methyl sites for hydroxylation is 1. The van der Waals surface area contributed by atoms with Gasteiger partial charge in [-0.3, -0.25) is 4.90 Å². The minimum Gasteiger partial charge on any atom is -0.379 e. The van der Waals surface area contributed by atoms with E-state index >= 15 is 0 Å². The normalized spacial score (nSPS) is 19.2. The first-order chi connectivity index (χ1) is 13.7. The molecular weight excluding hydrogens is 374 g/mol. The first kappa shape index (κ1) is 19.2. The SMILES string of the molecule is O=C(Nc1ccc(CCN2CCOCC2)cc1)N[C@H]1CCc2cc(Cl)ccc21. The first-order valence-corrected chi connectivity index (χ1v) is 10.3. The quantitative estimate of drug-likeness (QED) is 0.798. The molecule has 148 valence electrons. The Morgan fingerprint density at radius 1 is 1.14 bits per heavy atom. The highest BCUT2D eigenvalue weighted by Gasteiger charge is 2.24. The maximum atomic E-state index is 12.4. The molecule has 1 heterocycles. The van der Waals surface area contributed by atoms with Crippen molar-refractivity contribution < 1.29 is 9.53 Å². The molecule has 1 fully saturated rings. The predicted octanol–water partition coefficient (Wildman–Crippen LogP) is 4.02. The van der Waals surface area contributed by atoms with Crippen LogP contribution in [0.3, 0.4) is 0 Å². The standard InChI is InChI=1S/C22H26ClN3O2/c23-18-4-7-20-17(15-18)3-8-21(20)25-22(27)24-19-5-1-16(2-6-19)9-10-26-11-13-28-14-12-26/h1-2,4-7,15,21H,3,8-14H2,(H2,24,25,27)/t21-/m0/s1. The van der Waals surface area contributed by atoms with Gasteiger partial charge in [-0.15, -0.1) is 0 Å². The number of benzene rings is 2. The number of nitrogens with zero attached hydrogens (tertiary/aromatic N) is 1. The molecule has 1 aliphatic heterocycles. The summed E-state index contributed by atoms with van der Waals surface area (Å²) in [4.78, 5) is 14.8. The molecule has 0 unspecified atom stereocenters. The Balaban J connectivity index is 1.27. The molecule has 0 spiro atoms. The minimum absolute atomic E-state index is 0.0417. The second-order valence-electron chi connectivity index (χ2n) is 7.43. The number of rotatable bonds is 5. The van der Waals surface area contributed by atoms with Gasteiger partial charge in [-0.2, -0.15) is 0 Å². The Hall–Kier alpha value is -2.08. The van der Waals surface area contributed by atoms with E-state index < -0.39 is 0 Å². The largest absolute Gasteiger partial charge is 0.379 e. The molecule has 0 saturated carbocycles. The average Bonchev–Trinajstić information content (AvgIpc) is 3.10. The third kappa shape index (κ3) is 4.85. The van der Waals surface area contributed by atoms with Crippen LogP contribution in [0.1, 0.15) is 29.2 Å². The summed E-state index contributed by atoms with van der Waals surface area (Å²) < 4.78 is 5.38. The lowest BCUT2D eigenvalue weighted by Gasteiger charge is -2.26. The second-order valence-corrected chi connectivity index (χ2v) is 7.87. The molecule has 0 radical (unpaired) electrons. The summed E-state index contributed by atoms with van der Waals surface area (Å²) >= 11 is 6.06. The fourth-order valence-electron chi connectivity index (χ4n) is 3.93. The number of hydrogen-bond acceptors (Lipinski definition) is 3. The van der Waals surface area contributed by atoms with Crippen molar-refractivity contribution in [2.75, 3.05) is 38.2 Å². The monoisotopic (exact) mass is 399 g/mol. The molecule has 4 rings (SSSR count). The molecule has 2 N–H and O–H groups in total. The second kappa shape index (κ2) is 8.95. The van der Waals surface area contributed by atoms with Crippen LogP contribution in [0.2, 0.25) is 5.02 Å². The lowest BCUT2D eigenvalue weighted by molar-refractivity contribution is 0.0384. The summed E-state index contributed by atoms with van der Waals surface area (Å²) in [5.41, 5.74) is 4.47. The number of ether oxygens (including phenoxy) is 1. The van der Waals surface area contributed by atoms with Crippen LogP contribution in [-0.2, 0) is 17.6 Å². The maximum absolute atomic E-state index is 12.4. The summed E-state index contributed by atoms with van der Waals surface area (Å²) in [5.74, 6) is 0. The van der Waals surface area contributed by atoms with Gasteiger partial charge in [-0.25, -0.2) is 4.79 Å². The van der Waals surface area contributed by atoms with E-state index in [1.54, 1.807) is 0 Å². The lowest BCUT2D eigenvalue weighted by Crippen LogP contribution is -2.37. The number of amides is 2. The van der Waals surface area contributed by atoms with Crippen molar-refractivity contribution in [1.29, 1.82) is 0 Å². The molecule has 2 aliphatic rings. The molecule has 6 heteroatoms. The van der Waals surface area contributed by atoms with Crippen LogP contribution in [0.15, 0.2) is 42.5 Å². The van der Waals surface area contributed by atoms with Gasteiger partial charge in [0.1, 0.15) is 0 Å². The Labute approximate surface area is 171 Å². The van der Waals surface area contributed by atoms with Crippen LogP contribution >= 0.6 is 11.6 Å². The number of anilines is 1. The molecule has 28 heavy (non-hydrogen) atoms. The zero-order chi connectivity index (χ0) is 19.3. The van der Waals surface area contributed by atoms with Crippen molar-refractivity contribution >= 4 is 23.3 Å². The number of fused-ring (bicyclic) bond motifs is 1. The van der Waals surface area contributed by atoms with Gasteiger partial charge >= 0.3 is 6.03 Å². The zero-order valence-electron chi connectivity index (χ0n) is 15.9. The van der Waals surface area contributed by atoms with E-state index in [4.69, 9.17) is 16.3 Å². The van der Waals surface area contributed by atoms with Gasteiger partial charge in [0.25, 0.3) is 0 Å². The van der Waals surface area contributed by atoms with Crippen LogP contribution in [0.25, 0.3) is 0 Å². The van der Waals surface area contributed by atoms with Crippen molar-refractivity contribution in [2.45, 2.75) is 25.3 Å². The number of halogens is 1. The summed E-state index contributed by atoms with van der Waals surface area (Å²) in [5, 5.41) is 6.76. The molecule has 0 aromatic heterocycles. The van der Waals surface area contributed by atoms with E-state index in [2.05, 4.69) is 27.7 Å². The number of urea groups is 1. The number of hydrogen-bond donors (Lipinski definition) is 2. The van der Waals surface area contributed by atoms with E-state index in [9.17, 15) is 4.79 Å². The van der Waals surface area contributed by atoms with E-state index in [0.29, 0.717) is 0 Å². The van der Waals surface area contributed by atoms with Crippen molar-refractivity contribution in [3.05, 3.63) is 64.2 Å². The van der Waals surface area contributed by atoms with Gasteiger partial charge in [0.15, 0.2) is 0 Å². The van der Waals surface area contributed by atoms with Crippen LogP contribution in [0, 0.1) is 0 Å². The molecule has 5 nitrogen and oxygen atoms in total. The van der Waals surface area contributed by atoms with E-state index in [1.165, 1.54) is 11.1 Å². The highest BCUT2D eigenvalue weighted by molar-refractivity contribution is 6.30. The molecule has 2 amide bonds. The van der Waals surface area contributed by atoms with E-state index in [0.717, 1.165) is 68.4 Å². The van der Waals surface area contributed by atoms with Crippen LogP contribution in [-0.4, -0.2) is 43.8 Å². The van der Waals surface area contributed by atoms with Crippen molar-refractivity contribution in [2.24, 2.45) is 0 Å². The van der Waals surface area contributed by atoms with Crippen molar-refractivity contribution in [3.8, 4) is 0 Å². The van der Waals surface area contributed by atoms with Crippen LogP contribution in [0.4, 0.5) is 10.5 Å². The van der Waals surface area contributed by atoms with Gasteiger partial charge < -0.3 is 15.4 Å². The Kier molecular flexibility index (Phi) is 6.15. The van der Waals surface area contributed by atoms with Crippen LogP contribution < -0.4 is 10.6 Å². The third-order valence-corrected chi connectivity index (χ3v) is 5.76. The molecule has 1 saturated heterocycles. The number of carbonyl (C=O) groups is 1. The topological polar surface area (TPSA) is 53.6 Å². The Morgan fingerprint density at radius 2 is 1.93 bits per heavy atom. The summed E-state index contributed by atoms with van der Waals surface area (Å²) in [6.07, 6.45) is 2.86. The highest BCUT2D eigenvalue weighted by Crippen LogP contribution is 2.32. The minimum atomic E-state index is -0.172. The van der Waals surface area contributed by atoms with E-state index in [-0.39, 0.29) is 12.1 Å². The summed E-state index contributed by atoms with van der Waals surface area (Å²) in [7, 11) is 0. The summed E-state index contributed by atoms with van der Waals surface area (Å²) in [6, 6.07) is 13.9. The summed E-state index contributed by atoms with van der Waals surface area (Å²) in [6.45, 7) is 4.72. The Morgan fingerprint density at radius 3 is 2.71 bits per heavy atom. The Bertz CT molecular complexity index is 819. The van der Waals surface area contributed by atoms with Gasteiger partial charge in [0.05, 0.1) is 19.3 Å². The molecule has 2 aromatic carbocycles. The smallest absolute Gasteiger partial charge is 0.319 e.